The molecule has 12 heteroatoms. The van der Waals surface area contributed by atoms with Crippen LogP contribution < -0.4 is 10.6 Å². The molecule has 158 valence electrons. The molecule has 0 unspecified atom stereocenters. The number of hydrogen-bond donors (Lipinski definition) is 2. The van der Waals surface area contributed by atoms with Crippen LogP contribution in [-0.2, 0) is 4.74 Å². The largest absolute Gasteiger partial charge is 0.460 e. The topological polar surface area (TPSA) is 111 Å². The van der Waals surface area contributed by atoms with Crippen molar-refractivity contribution in [1.82, 2.24) is 5.32 Å². The number of rotatable bonds is 7. The van der Waals surface area contributed by atoms with Crippen LogP contribution in [0, 0.1) is 10.1 Å². The van der Waals surface area contributed by atoms with Gasteiger partial charge in [-0.2, -0.15) is 13.2 Å². The van der Waals surface area contributed by atoms with Crippen LogP contribution in [-0.4, -0.2) is 41.1 Å². The van der Waals surface area contributed by atoms with Gasteiger partial charge in [0.2, 0.25) is 0 Å². The molecule has 0 heterocycles. The number of halogens is 3. The van der Waals surface area contributed by atoms with Gasteiger partial charge in [0.25, 0.3) is 11.5 Å². The van der Waals surface area contributed by atoms with Gasteiger partial charge in [-0.05, 0) is 36.5 Å². The number of alkyl halides is 3. The maximum Gasteiger partial charge on any atom is 0.454 e. The molecule has 0 bridgehead atoms. The molecule has 2 rings (SSSR count). The first kappa shape index (κ1) is 22.7. The molecule has 0 aromatic heterocycles. The lowest BCUT2D eigenvalue weighted by Crippen LogP contribution is -2.31. The van der Waals surface area contributed by atoms with Crippen molar-refractivity contribution in [3.8, 4) is 0 Å². The maximum absolute atomic E-state index is 12.4. The van der Waals surface area contributed by atoms with Crippen molar-refractivity contribution >= 4 is 40.5 Å². The SMILES string of the molecule is O=C(OCCNC(=S)Nc1ccc([N+](=O)[O-])cc1)c1ccc(C(=O)C(F)(F)F)cc1. The van der Waals surface area contributed by atoms with E-state index in [-0.39, 0.29) is 29.5 Å². The number of carbonyl (C=O) groups excluding carboxylic acids is 2. The number of nitrogens with zero attached hydrogens (tertiary/aromatic N) is 1. The molecule has 0 spiro atoms. The van der Waals surface area contributed by atoms with Crippen LogP contribution in [0.3, 0.4) is 0 Å². The molecule has 0 saturated heterocycles. The fraction of sp³-hybridized carbons (Fsp3) is 0.167. The molecule has 0 atom stereocenters. The van der Waals surface area contributed by atoms with E-state index in [0.29, 0.717) is 5.69 Å². The molecule has 0 aliphatic carbocycles. The normalized spacial score (nSPS) is 10.8. The summed E-state index contributed by atoms with van der Waals surface area (Å²) in [5.74, 6) is -2.78. The zero-order valence-corrected chi connectivity index (χ0v) is 15.9. The number of non-ortho nitro benzene ring substituents is 1. The number of hydrogen-bond acceptors (Lipinski definition) is 6. The summed E-state index contributed by atoms with van der Waals surface area (Å²) in [4.78, 5) is 33.1. The highest BCUT2D eigenvalue weighted by molar-refractivity contribution is 7.80. The average molecular weight is 441 g/mol. The van der Waals surface area contributed by atoms with Gasteiger partial charge in [-0.1, -0.05) is 12.1 Å². The van der Waals surface area contributed by atoms with E-state index in [9.17, 15) is 32.9 Å². The van der Waals surface area contributed by atoms with E-state index in [1.54, 1.807) is 0 Å². The molecule has 2 aromatic carbocycles. The number of nitrogens with one attached hydrogen (secondary N) is 2. The molecule has 0 aliphatic heterocycles. The number of benzene rings is 2. The molecule has 8 nitrogen and oxygen atoms in total. The van der Waals surface area contributed by atoms with E-state index in [1.165, 1.54) is 24.3 Å². The van der Waals surface area contributed by atoms with Crippen molar-refractivity contribution in [2.24, 2.45) is 0 Å². The van der Waals surface area contributed by atoms with Gasteiger partial charge in [-0.3, -0.25) is 14.9 Å². The molecule has 0 saturated carbocycles. The van der Waals surface area contributed by atoms with E-state index >= 15 is 0 Å². The molecule has 2 aromatic rings. The Morgan fingerprint density at radius 3 is 2.13 bits per heavy atom. The van der Waals surface area contributed by atoms with Gasteiger partial charge in [0, 0.05) is 23.4 Å². The second kappa shape index (κ2) is 9.78. The minimum absolute atomic E-state index is 0.0136. The monoisotopic (exact) mass is 441 g/mol. The lowest BCUT2D eigenvalue weighted by molar-refractivity contribution is -0.384. The fourth-order valence-corrected chi connectivity index (χ4v) is 2.37. The van der Waals surface area contributed by atoms with Crippen molar-refractivity contribution in [1.29, 1.82) is 0 Å². The molecule has 0 radical (unpaired) electrons. The summed E-state index contributed by atoms with van der Waals surface area (Å²) in [7, 11) is 0. The summed E-state index contributed by atoms with van der Waals surface area (Å²) in [5.41, 5.74) is -0.144. The number of anilines is 1. The van der Waals surface area contributed by atoms with Gasteiger partial charge >= 0.3 is 12.1 Å². The maximum atomic E-state index is 12.4. The zero-order valence-electron chi connectivity index (χ0n) is 15.1. The summed E-state index contributed by atoms with van der Waals surface area (Å²) in [6, 6.07) is 9.48. The predicted molar refractivity (Wildman–Crippen MR) is 104 cm³/mol. The first-order valence-corrected chi connectivity index (χ1v) is 8.67. The Labute approximate surface area is 173 Å². The van der Waals surface area contributed by atoms with Crippen LogP contribution in [0.15, 0.2) is 48.5 Å². The van der Waals surface area contributed by atoms with Crippen LogP contribution in [0.1, 0.15) is 20.7 Å². The van der Waals surface area contributed by atoms with Gasteiger partial charge in [0.1, 0.15) is 6.61 Å². The second-order valence-corrected chi connectivity index (χ2v) is 6.13. The number of thiocarbonyl (C=S) groups is 1. The molecule has 0 aliphatic rings. The van der Waals surface area contributed by atoms with Crippen LogP contribution in [0.2, 0.25) is 0 Å². The Morgan fingerprint density at radius 2 is 1.60 bits per heavy atom. The van der Waals surface area contributed by atoms with Crippen molar-refractivity contribution in [2.45, 2.75) is 6.18 Å². The van der Waals surface area contributed by atoms with E-state index in [1.807, 2.05) is 0 Å². The van der Waals surface area contributed by atoms with E-state index < -0.39 is 28.4 Å². The molecule has 2 N–H and O–H groups in total. The summed E-state index contributed by atoms with van der Waals surface area (Å²) in [6.07, 6.45) is -4.99. The van der Waals surface area contributed by atoms with Crippen LogP contribution in [0.5, 0.6) is 0 Å². The Morgan fingerprint density at radius 1 is 1.03 bits per heavy atom. The van der Waals surface area contributed by atoms with E-state index in [2.05, 4.69) is 10.6 Å². The van der Waals surface area contributed by atoms with Gasteiger partial charge in [0.05, 0.1) is 17.0 Å². The van der Waals surface area contributed by atoms with E-state index in [4.69, 9.17) is 17.0 Å². The molecular formula is C18H14F3N3O5S. The Hall–Kier alpha value is -3.54. The number of carbonyl (C=O) groups is 2. The van der Waals surface area contributed by atoms with Crippen molar-refractivity contribution in [3.63, 3.8) is 0 Å². The smallest absolute Gasteiger partial charge is 0.454 e. The number of ether oxygens (including phenoxy) is 1. The Bertz CT molecular complexity index is 947. The summed E-state index contributed by atoms with van der Waals surface area (Å²) >= 11 is 5.04. The lowest BCUT2D eigenvalue weighted by atomic mass is 10.1. The zero-order chi connectivity index (χ0) is 22.3. The highest BCUT2D eigenvalue weighted by atomic mass is 32.1. The standard InChI is InChI=1S/C18H14F3N3O5S/c19-18(20,21)15(25)11-1-3-12(4-2-11)16(26)29-10-9-22-17(30)23-13-5-7-14(8-6-13)24(27)28/h1-8H,9-10H2,(H2,22,23,30). The lowest BCUT2D eigenvalue weighted by Gasteiger charge is -2.11. The average Bonchev–Trinajstić information content (AvgIpc) is 2.70. The van der Waals surface area contributed by atoms with Crippen molar-refractivity contribution in [2.75, 3.05) is 18.5 Å². The summed E-state index contributed by atoms with van der Waals surface area (Å²) < 4.78 is 42.1. The minimum Gasteiger partial charge on any atom is -0.460 e. The third-order valence-corrected chi connectivity index (χ3v) is 3.84. The van der Waals surface area contributed by atoms with Gasteiger partial charge < -0.3 is 15.4 Å². The van der Waals surface area contributed by atoms with E-state index in [0.717, 1.165) is 24.3 Å². The molecule has 0 fully saturated rings. The van der Waals surface area contributed by atoms with Crippen molar-refractivity contribution < 1.29 is 32.4 Å². The Balaban J connectivity index is 1.75. The van der Waals surface area contributed by atoms with Crippen LogP contribution >= 0.6 is 12.2 Å². The molecule has 30 heavy (non-hydrogen) atoms. The first-order valence-electron chi connectivity index (χ1n) is 8.26. The second-order valence-electron chi connectivity index (χ2n) is 5.73. The van der Waals surface area contributed by atoms with Gasteiger partial charge in [-0.25, -0.2) is 4.79 Å². The number of ketones is 1. The number of Topliss-reactive ketones (excluding diaryl/α,β-unsaturated/α-hetero) is 1. The molecular weight excluding hydrogens is 427 g/mol. The highest BCUT2D eigenvalue weighted by Gasteiger charge is 2.39. The van der Waals surface area contributed by atoms with Crippen molar-refractivity contribution in [3.05, 3.63) is 69.8 Å². The van der Waals surface area contributed by atoms with Crippen LogP contribution in [0.4, 0.5) is 24.5 Å². The van der Waals surface area contributed by atoms with Gasteiger partial charge in [-0.15, -0.1) is 0 Å². The number of nitro groups is 1. The van der Waals surface area contributed by atoms with Crippen LogP contribution in [0.25, 0.3) is 0 Å². The fourth-order valence-electron chi connectivity index (χ4n) is 2.15. The summed E-state index contributed by atoms with van der Waals surface area (Å²) in [5, 5.41) is 16.3. The summed E-state index contributed by atoms with van der Waals surface area (Å²) in [6.45, 7) is 0.0410. The number of nitro benzene ring substituents is 1. The Kier molecular flexibility index (Phi) is 7.42. The third-order valence-electron chi connectivity index (χ3n) is 3.60. The molecule has 0 amide bonds. The highest BCUT2D eigenvalue weighted by Crippen LogP contribution is 2.21. The van der Waals surface area contributed by atoms with Gasteiger partial charge in [0.15, 0.2) is 5.11 Å². The first-order chi connectivity index (χ1) is 14.1. The predicted octanol–water partition coefficient (Wildman–Crippen LogP) is 3.48. The quantitative estimate of drug-likeness (QED) is 0.168. The number of esters is 1. The third kappa shape index (κ3) is 6.51. The minimum atomic E-state index is -4.99.